The standard InChI is InChI=1S/C19H12Cl2N2O2S/c20-11-6-7-13(14(21)10-11)15-8-9-16(25-15)17-18(24)23-19(26-17)22-12-4-2-1-3-5-12/h1-10,17H,(H,22,23,24)/t17-/m0/s1. The molecule has 3 aromatic rings. The molecule has 0 radical (unpaired) electrons. The molecular weight excluding hydrogens is 391 g/mol. The van der Waals surface area contributed by atoms with Gasteiger partial charge in [-0.3, -0.25) is 4.79 Å². The quantitative estimate of drug-likeness (QED) is 0.597. The monoisotopic (exact) mass is 402 g/mol. The number of hydrogen-bond acceptors (Lipinski definition) is 4. The second-order valence-electron chi connectivity index (χ2n) is 5.57. The number of nitrogens with zero attached hydrogens (tertiary/aromatic N) is 1. The molecule has 1 atom stereocenters. The number of furan rings is 1. The first-order chi connectivity index (χ1) is 12.6. The van der Waals surface area contributed by atoms with Gasteiger partial charge in [0, 0.05) is 10.6 Å². The fourth-order valence-electron chi connectivity index (χ4n) is 2.55. The first-order valence-electron chi connectivity index (χ1n) is 7.76. The Morgan fingerprint density at radius 1 is 1.04 bits per heavy atom. The van der Waals surface area contributed by atoms with Crippen molar-refractivity contribution in [2.24, 2.45) is 4.99 Å². The number of para-hydroxylation sites is 1. The van der Waals surface area contributed by atoms with Crippen LogP contribution in [0.25, 0.3) is 11.3 Å². The van der Waals surface area contributed by atoms with Gasteiger partial charge in [0.1, 0.15) is 16.8 Å². The molecule has 4 rings (SSSR count). The van der Waals surface area contributed by atoms with Gasteiger partial charge < -0.3 is 9.73 Å². The molecule has 130 valence electrons. The van der Waals surface area contributed by atoms with Crippen LogP contribution in [0.2, 0.25) is 10.0 Å². The lowest BCUT2D eigenvalue weighted by molar-refractivity contribution is -0.119. The topological polar surface area (TPSA) is 54.6 Å². The molecule has 7 heteroatoms. The van der Waals surface area contributed by atoms with Gasteiger partial charge in [-0.25, -0.2) is 4.99 Å². The number of thioether (sulfide) groups is 1. The smallest absolute Gasteiger partial charge is 0.247 e. The summed E-state index contributed by atoms with van der Waals surface area (Å²) in [6.07, 6.45) is 0. The summed E-state index contributed by atoms with van der Waals surface area (Å²) in [5, 5.41) is 3.90. The van der Waals surface area contributed by atoms with Gasteiger partial charge in [0.15, 0.2) is 5.17 Å². The lowest BCUT2D eigenvalue weighted by Gasteiger charge is -2.03. The maximum absolute atomic E-state index is 12.3. The first-order valence-corrected chi connectivity index (χ1v) is 9.40. The summed E-state index contributed by atoms with van der Waals surface area (Å²) in [5.41, 5.74) is 1.51. The number of nitrogens with one attached hydrogen (secondary N) is 1. The number of hydrogen-bond donors (Lipinski definition) is 1. The number of benzene rings is 2. The minimum absolute atomic E-state index is 0.159. The molecule has 1 amide bonds. The van der Waals surface area contributed by atoms with Crippen molar-refractivity contribution in [3.8, 4) is 11.3 Å². The van der Waals surface area contributed by atoms with Gasteiger partial charge in [0.05, 0.1) is 10.7 Å². The Hall–Kier alpha value is -2.21. The lowest BCUT2D eigenvalue weighted by Crippen LogP contribution is -2.21. The van der Waals surface area contributed by atoms with E-state index >= 15 is 0 Å². The van der Waals surface area contributed by atoms with E-state index in [9.17, 15) is 4.79 Å². The van der Waals surface area contributed by atoms with Crippen LogP contribution in [0.15, 0.2) is 70.1 Å². The maximum atomic E-state index is 12.3. The second kappa shape index (κ2) is 7.19. The first kappa shape index (κ1) is 17.2. The number of aliphatic imine (C=N–C) groups is 1. The fourth-order valence-corrected chi connectivity index (χ4v) is 4.01. The Bertz CT molecular complexity index is 1000. The van der Waals surface area contributed by atoms with Crippen LogP contribution in [0.3, 0.4) is 0 Å². The van der Waals surface area contributed by atoms with Crippen molar-refractivity contribution in [1.29, 1.82) is 0 Å². The Morgan fingerprint density at radius 2 is 1.85 bits per heavy atom. The summed E-state index contributed by atoms with van der Waals surface area (Å²) < 4.78 is 5.88. The molecule has 26 heavy (non-hydrogen) atoms. The minimum atomic E-state index is -0.489. The van der Waals surface area contributed by atoms with Gasteiger partial charge in [-0.05, 0) is 42.5 Å². The largest absolute Gasteiger partial charge is 0.459 e. The van der Waals surface area contributed by atoms with E-state index in [1.54, 1.807) is 30.3 Å². The van der Waals surface area contributed by atoms with Crippen LogP contribution in [-0.4, -0.2) is 11.1 Å². The van der Waals surface area contributed by atoms with Crippen LogP contribution in [0.1, 0.15) is 11.0 Å². The summed E-state index contributed by atoms with van der Waals surface area (Å²) in [7, 11) is 0. The lowest BCUT2D eigenvalue weighted by atomic mass is 10.2. The normalized spacial score (nSPS) is 18.3. The molecule has 2 aromatic carbocycles. The van der Waals surface area contributed by atoms with Gasteiger partial charge in [-0.1, -0.05) is 53.2 Å². The molecule has 1 N–H and O–H groups in total. The molecular formula is C19H12Cl2N2O2S. The minimum Gasteiger partial charge on any atom is -0.459 e. The highest BCUT2D eigenvalue weighted by atomic mass is 35.5. The Kier molecular flexibility index (Phi) is 4.76. The molecule has 0 spiro atoms. The van der Waals surface area contributed by atoms with Crippen molar-refractivity contribution < 1.29 is 9.21 Å². The number of amidine groups is 1. The maximum Gasteiger partial charge on any atom is 0.247 e. The highest BCUT2D eigenvalue weighted by Crippen LogP contribution is 2.39. The van der Waals surface area contributed by atoms with Gasteiger partial charge >= 0.3 is 0 Å². The predicted octanol–water partition coefficient (Wildman–Crippen LogP) is 5.85. The molecule has 0 unspecified atom stereocenters. The average Bonchev–Trinajstić information content (AvgIpc) is 3.22. The van der Waals surface area contributed by atoms with Crippen molar-refractivity contribution in [2.75, 3.05) is 0 Å². The Balaban J connectivity index is 1.58. The number of rotatable bonds is 3. The van der Waals surface area contributed by atoms with Gasteiger partial charge in [0.25, 0.3) is 0 Å². The number of carbonyl (C=O) groups is 1. The van der Waals surface area contributed by atoms with E-state index in [-0.39, 0.29) is 5.91 Å². The van der Waals surface area contributed by atoms with E-state index in [1.807, 2.05) is 30.3 Å². The third-order valence-corrected chi connectivity index (χ3v) is 5.41. The molecule has 1 aromatic heterocycles. The molecule has 2 heterocycles. The molecule has 1 aliphatic heterocycles. The third-order valence-electron chi connectivity index (χ3n) is 3.77. The van der Waals surface area contributed by atoms with Crippen LogP contribution in [-0.2, 0) is 4.79 Å². The number of amides is 1. The van der Waals surface area contributed by atoms with Crippen molar-refractivity contribution >= 4 is 51.7 Å². The third kappa shape index (κ3) is 3.51. The van der Waals surface area contributed by atoms with Crippen molar-refractivity contribution in [2.45, 2.75) is 5.25 Å². The van der Waals surface area contributed by atoms with E-state index in [1.165, 1.54) is 11.8 Å². The molecule has 1 aliphatic rings. The summed E-state index contributed by atoms with van der Waals surface area (Å²) in [5.74, 6) is 0.975. The zero-order valence-corrected chi connectivity index (χ0v) is 15.6. The molecule has 1 fully saturated rings. The Morgan fingerprint density at radius 3 is 2.62 bits per heavy atom. The van der Waals surface area contributed by atoms with Gasteiger partial charge in [-0.15, -0.1) is 0 Å². The zero-order valence-electron chi connectivity index (χ0n) is 13.3. The summed E-state index contributed by atoms with van der Waals surface area (Å²) >= 11 is 13.5. The average molecular weight is 403 g/mol. The Labute approximate surface area is 164 Å². The fraction of sp³-hybridized carbons (Fsp3) is 0.0526. The van der Waals surface area contributed by atoms with Crippen molar-refractivity contribution in [3.63, 3.8) is 0 Å². The van der Waals surface area contributed by atoms with Crippen LogP contribution in [0, 0.1) is 0 Å². The van der Waals surface area contributed by atoms with E-state index < -0.39 is 5.25 Å². The second-order valence-corrected chi connectivity index (χ2v) is 7.50. The van der Waals surface area contributed by atoms with E-state index in [0.717, 1.165) is 11.3 Å². The van der Waals surface area contributed by atoms with E-state index in [4.69, 9.17) is 27.6 Å². The van der Waals surface area contributed by atoms with Crippen LogP contribution >= 0.6 is 35.0 Å². The van der Waals surface area contributed by atoms with Crippen LogP contribution in [0.5, 0.6) is 0 Å². The van der Waals surface area contributed by atoms with Crippen molar-refractivity contribution in [3.05, 3.63) is 76.5 Å². The highest BCUT2D eigenvalue weighted by molar-refractivity contribution is 8.15. The number of carbonyl (C=O) groups excluding carboxylic acids is 1. The summed E-state index contributed by atoms with van der Waals surface area (Å²) in [4.78, 5) is 16.8. The SMILES string of the molecule is O=C1NC(=Nc2ccccc2)S[C@H]1c1ccc(-c2ccc(Cl)cc2Cl)o1. The van der Waals surface area contributed by atoms with Crippen LogP contribution < -0.4 is 5.32 Å². The van der Waals surface area contributed by atoms with E-state index in [0.29, 0.717) is 26.7 Å². The summed E-state index contributed by atoms with van der Waals surface area (Å²) in [6.45, 7) is 0. The molecule has 0 saturated carbocycles. The van der Waals surface area contributed by atoms with Crippen molar-refractivity contribution in [1.82, 2.24) is 5.32 Å². The molecule has 0 bridgehead atoms. The molecule has 4 nitrogen and oxygen atoms in total. The summed E-state index contributed by atoms with van der Waals surface area (Å²) in [6, 6.07) is 18.2. The predicted molar refractivity (Wildman–Crippen MR) is 106 cm³/mol. The van der Waals surface area contributed by atoms with E-state index in [2.05, 4.69) is 10.3 Å². The van der Waals surface area contributed by atoms with Crippen LogP contribution in [0.4, 0.5) is 5.69 Å². The van der Waals surface area contributed by atoms with Gasteiger partial charge in [0.2, 0.25) is 5.91 Å². The van der Waals surface area contributed by atoms with Gasteiger partial charge in [-0.2, -0.15) is 0 Å². The highest BCUT2D eigenvalue weighted by Gasteiger charge is 2.34. The molecule has 1 saturated heterocycles. The molecule has 0 aliphatic carbocycles. The zero-order chi connectivity index (χ0) is 18.1. The number of halogens is 2.